The summed E-state index contributed by atoms with van der Waals surface area (Å²) in [5.41, 5.74) is 0. The van der Waals surface area contributed by atoms with Gasteiger partial charge in [-0.3, -0.25) is 0 Å². The van der Waals surface area contributed by atoms with Crippen molar-refractivity contribution in [3.63, 3.8) is 0 Å². The second-order valence-electron chi connectivity index (χ2n) is 2.78. The number of rotatable bonds is 5. The summed E-state index contributed by atoms with van der Waals surface area (Å²) in [5.74, 6) is 0.342. The van der Waals surface area contributed by atoms with Crippen molar-refractivity contribution in [3.8, 4) is 12.1 Å². The summed E-state index contributed by atoms with van der Waals surface area (Å²) in [7, 11) is 1.45. The predicted molar refractivity (Wildman–Crippen MR) is 61.0 cm³/mol. The summed E-state index contributed by atoms with van der Waals surface area (Å²) in [5, 5.41) is 11.6. The number of hydrogen-bond donors (Lipinski definition) is 1. The fourth-order valence-corrected chi connectivity index (χ4v) is 1.31. The van der Waals surface area contributed by atoms with Crippen molar-refractivity contribution < 1.29 is 4.74 Å². The average molecular weight is 307 g/mol. The molecule has 0 bridgehead atoms. The van der Waals surface area contributed by atoms with Gasteiger partial charge in [-0.15, -0.1) is 0 Å². The second kappa shape index (κ2) is 6.48. The third kappa shape index (κ3) is 4.19. The molecular weight excluding hydrogens is 297 g/mol. The third-order valence-electron chi connectivity index (χ3n) is 1.62. The van der Waals surface area contributed by atoms with Crippen LogP contribution in [0.15, 0.2) is 0 Å². The van der Waals surface area contributed by atoms with Gasteiger partial charge in [-0.05, 0) is 0 Å². The monoisotopic (exact) mass is 307 g/mol. The van der Waals surface area contributed by atoms with Crippen LogP contribution in [0, 0.1) is 11.3 Å². The molecule has 1 aromatic rings. The van der Waals surface area contributed by atoms with E-state index in [1.54, 1.807) is 0 Å². The van der Waals surface area contributed by atoms with Crippen LogP contribution in [0.25, 0.3) is 0 Å². The molecular formula is C8H10ClN5OSe. The first-order valence-electron chi connectivity index (χ1n) is 4.43. The molecule has 0 radical (unpaired) electrons. The van der Waals surface area contributed by atoms with Crippen LogP contribution in [0.1, 0.15) is 6.42 Å². The first-order valence-corrected chi connectivity index (χ1v) is 5.89. The van der Waals surface area contributed by atoms with Gasteiger partial charge < -0.3 is 0 Å². The van der Waals surface area contributed by atoms with Crippen molar-refractivity contribution >= 4 is 33.6 Å². The summed E-state index contributed by atoms with van der Waals surface area (Å²) in [4.78, 5) is 11.5. The molecule has 86 valence electrons. The van der Waals surface area contributed by atoms with Crippen LogP contribution in [0.5, 0.6) is 6.01 Å². The van der Waals surface area contributed by atoms with Gasteiger partial charge in [0.25, 0.3) is 0 Å². The van der Waals surface area contributed by atoms with Crippen LogP contribution in [-0.4, -0.2) is 44.6 Å². The number of nitrogens with one attached hydrogen (secondary N) is 1. The molecule has 0 aliphatic carbocycles. The molecule has 0 aromatic carbocycles. The van der Waals surface area contributed by atoms with E-state index in [9.17, 15) is 0 Å². The zero-order chi connectivity index (χ0) is 12.0. The van der Waals surface area contributed by atoms with Crippen molar-refractivity contribution in [2.75, 3.05) is 19.0 Å². The van der Waals surface area contributed by atoms with Crippen molar-refractivity contribution in [2.45, 2.75) is 11.2 Å². The first-order chi connectivity index (χ1) is 7.65. The molecule has 6 nitrogen and oxygen atoms in total. The number of ether oxygens (including phenoxy) is 1. The predicted octanol–water partition coefficient (Wildman–Crippen LogP) is 0.548. The molecule has 1 N–H and O–H groups in total. The van der Waals surface area contributed by atoms with Gasteiger partial charge in [0, 0.05) is 0 Å². The number of hydrogen-bond acceptors (Lipinski definition) is 6. The quantitative estimate of drug-likeness (QED) is 0.800. The fourth-order valence-electron chi connectivity index (χ4n) is 0.887. The Kier molecular flexibility index (Phi) is 5.26. The van der Waals surface area contributed by atoms with E-state index in [2.05, 4.69) is 42.4 Å². The number of methoxy groups -OCH3 is 1. The van der Waals surface area contributed by atoms with Gasteiger partial charge in [0.2, 0.25) is 0 Å². The van der Waals surface area contributed by atoms with E-state index in [1.165, 1.54) is 7.11 Å². The Labute approximate surface area is 106 Å². The van der Waals surface area contributed by atoms with E-state index in [0.717, 1.165) is 0 Å². The number of halogens is 1. The molecule has 1 unspecified atom stereocenters. The van der Waals surface area contributed by atoms with Gasteiger partial charge in [0.05, 0.1) is 0 Å². The Bertz CT molecular complexity index is 397. The molecule has 0 aliphatic heterocycles. The third-order valence-corrected chi connectivity index (χ3v) is 2.57. The first kappa shape index (κ1) is 13.0. The fraction of sp³-hybridized carbons (Fsp3) is 0.500. The zero-order valence-electron chi connectivity index (χ0n) is 8.51. The summed E-state index contributed by atoms with van der Waals surface area (Å²) < 4.78 is 4.84. The van der Waals surface area contributed by atoms with E-state index >= 15 is 0 Å². The van der Waals surface area contributed by atoms with E-state index < -0.39 is 0 Å². The Morgan fingerprint density at radius 1 is 1.56 bits per heavy atom. The van der Waals surface area contributed by atoms with Crippen LogP contribution >= 0.6 is 11.6 Å². The van der Waals surface area contributed by atoms with Crippen LogP contribution in [0.3, 0.4) is 0 Å². The molecule has 0 aliphatic rings. The number of nitrogens with zero attached hydrogens (tertiary/aromatic N) is 4. The molecule has 1 aromatic heterocycles. The maximum absolute atomic E-state index is 8.58. The summed E-state index contributed by atoms with van der Waals surface area (Å²) in [6, 6.07) is 2.27. The van der Waals surface area contributed by atoms with Gasteiger partial charge in [-0.1, -0.05) is 0 Å². The summed E-state index contributed by atoms with van der Waals surface area (Å²) in [6.07, 6.45) is 0.683. The average Bonchev–Trinajstić information content (AvgIpc) is 2.28. The Morgan fingerprint density at radius 3 is 2.94 bits per heavy atom. The van der Waals surface area contributed by atoms with E-state index in [4.69, 9.17) is 21.6 Å². The van der Waals surface area contributed by atoms with Crippen molar-refractivity contribution in [2.24, 2.45) is 0 Å². The minimum absolute atomic E-state index is 0.0680. The summed E-state index contributed by atoms with van der Waals surface area (Å²) in [6.45, 7) is 0.580. The topological polar surface area (TPSA) is 83.7 Å². The van der Waals surface area contributed by atoms with E-state index in [0.29, 0.717) is 18.9 Å². The molecule has 0 fully saturated rings. The number of nitriles is 1. The molecule has 1 heterocycles. The van der Waals surface area contributed by atoms with Crippen LogP contribution in [0.2, 0.25) is 10.1 Å². The van der Waals surface area contributed by atoms with Crippen LogP contribution < -0.4 is 10.1 Å². The van der Waals surface area contributed by atoms with Gasteiger partial charge in [-0.2, -0.15) is 0 Å². The van der Waals surface area contributed by atoms with Crippen LogP contribution in [0.4, 0.5) is 5.95 Å². The van der Waals surface area contributed by atoms with E-state index in [1.807, 2.05) is 0 Å². The van der Waals surface area contributed by atoms with Crippen LogP contribution in [-0.2, 0) is 0 Å². The Balaban J connectivity index is 2.54. The molecule has 0 saturated heterocycles. The van der Waals surface area contributed by atoms with Crippen molar-refractivity contribution in [1.82, 2.24) is 15.0 Å². The van der Waals surface area contributed by atoms with Gasteiger partial charge >= 0.3 is 106 Å². The Hall–Kier alpha value is -1.09. The van der Waals surface area contributed by atoms with Gasteiger partial charge in [-0.25, -0.2) is 0 Å². The maximum atomic E-state index is 8.58. The summed E-state index contributed by atoms with van der Waals surface area (Å²) >= 11 is 7.96. The number of anilines is 1. The molecule has 8 heteroatoms. The SMILES string of the molecule is COc1nc(Cl)nc(NCCC([SeH])C#N)n1. The van der Waals surface area contributed by atoms with Gasteiger partial charge in [0.1, 0.15) is 0 Å². The van der Waals surface area contributed by atoms with Crippen molar-refractivity contribution in [1.29, 1.82) is 5.26 Å². The number of aromatic nitrogens is 3. The van der Waals surface area contributed by atoms with Crippen molar-refractivity contribution in [3.05, 3.63) is 5.28 Å². The molecule has 1 atom stereocenters. The molecule has 1 rings (SSSR count). The molecule has 0 amide bonds. The van der Waals surface area contributed by atoms with E-state index in [-0.39, 0.29) is 16.1 Å². The Morgan fingerprint density at radius 2 is 2.31 bits per heavy atom. The molecule has 0 spiro atoms. The second-order valence-corrected chi connectivity index (χ2v) is 4.42. The standard InChI is InChI=1S/C8H10ClN5OSe/c1-15-8-13-6(9)12-7(14-8)11-3-2-5(16)4-10/h5,16H,2-3H2,1H3,(H,11,12,13,14). The minimum atomic E-state index is -0.0702. The van der Waals surface area contributed by atoms with Gasteiger partial charge in [0.15, 0.2) is 0 Å². The molecule has 16 heavy (non-hydrogen) atoms. The zero-order valence-corrected chi connectivity index (χ0v) is 11.1. The molecule has 0 saturated carbocycles. The normalized spacial score (nSPS) is 11.6.